The number of aliphatic hydroxyl groups excluding tert-OH is 2. The van der Waals surface area contributed by atoms with Gasteiger partial charge in [0.25, 0.3) is 0 Å². The average molecular weight is 652 g/mol. The van der Waals surface area contributed by atoms with E-state index in [2.05, 4.69) is 24.5 Å². The standard InChI is InChI=1S/2C15H33NO2.C4H7NO4/c2*1-2-3-4-5-6-7-8-9-10-11-12-13-16-14-15(17)18;5-2(4(8)9)1-3(6)7/h2*15-18H,2-14H2,1H3;2H,1,5H2,(H,6,7)(H,8,9)/t;;2-/m..0/s1. The predicted octanol–water partition coefficient (Wildman–Crippen LogP) is 5.27. The fraction of sp³-hybridized carbons (Fsp3) is 0.941. The lowest BCUT2D eigenvalue weighted by molar-refractivity contribution is -0.144. The molecule has 0 amide bonds. The van der Waals surface area contributed by atoms with Gasteiger partial charge < -0.3 is 47.0 Å². The Labute approximate surface area is 274 Å². The Hall–Kier alpha value is -1.34. The van der Waals surface area contributed by atoms with Gasteiger partial charge in [-0.05, 0) is 25.9 Å². The minimum absolute atomic E-state index is 0.289. The summed E-state index contributed by atoms with van der Waals surface area (Å²) in [7, 11) is 0. The van der Waals surface area contributed by atoms with Crippen LogP contribution in [0.4, 0.5) is 0 Å². The van der Waals surface area contributed by atoms with Gasteiger partial charge in [-0.2, -0.15) is 0 Å². The largest absolute Gasteiger partial charge is 0.481 e. The van der Waals surface area contributed by atoms with E-state index in [0.717, 1.165) is 25.9 Å². The number of nitrogens with one attached hydrogen (secondary N) is 2. The van der Waals surface area contributed by atoms with Crippen molar-refractivity contribution in [3.05, 3.63) is 0 Å². The molecule has 1 atom stereocenters. The first kappa shape index (κ1) is 48.1. The summed E-state index contributed by atoms with van der Waals surface area (Å²) in [6, 6.07) is -1.29. The third kappa shape index (κ3) is 52.5. The first-order valence-electron chi connectivity index (χ1n) is 17.9. The molecule has 0 rings (SSSR count). The van der Waals surface area contributed by atoms with E-state index in [9.17, 15) is 9.59 Å². The van der Waals surface area contributed by atoms with Crippen LogP contribution in [-0.2, 0) is 9.59 Å². The molecule has 0 unspecified atom stereocenters. The normalized spacial score (nSPS) is 11.6. The van der Waals surface area contributed by atoms with E-state index >= 15 is 0 Å². The van der Waals surface area contributed by atoms with Crippen LogP contribution in [0.25, 0.3) is 0 Å². The minimum Gasteiger partial charge on any atom is -0.481 e. The van der Waals surface area contributed by atoms with Crippen LogP contribution in [0.5, 0.6) is 0 Å². The number of carbonyl (C=O) groups is 2. The zero-order chi connectivity index (χ0) is 34.4. The molecular formula is C34H73N3O8. The summed E-state index contributed by atoms with van der Waals surface area (Å²) in [6.07, 6.45) is 26.7. The van der Waals surface area contributed by atoms with Crippen molar-refractivity contribution in [3.63, 3.8) is 0 Å². The van der Waals surface area contributed by atoms with Crippen molar-refractivity contribution in [2.75, 3.05) is 26.2 Å². The molecule has 0 bridgehead atoms. The molecule has 0 saturated carbocycles. The number of carboxylic acid groups (broad SMARTS) is 2. The Bertz CT molecular complexity index is 564. The molecule has 0 aromatic heterocycles. The Morgan fingerprint density at radius 2 is 0.778 bits per heavy atom. The fourth-order valence-corrected chi connectivity index (χ4v) is 4.57. The quantitative estimate of drug-likeness (QED) is 0.0349. The molecule has 0 fully saturated rings. The van der Waals surface area contributed by atoms with Crippen LogP contribution in [0.1, 0.15) is 162 Å². The number of aliphatic carboxylic acids is 2. The van der Waals surface area contributed by atoms with Gasteiger partial charge in [0, 0.05) is 13.1 Å². The number of hydrogen-bond donors (Lipinski definition) is 9. The van der Waals surface area contributed by atoms with Gasteiger partial charge in [0.2, 0.25) is 0 Å². The van der Waals surface area contributed by atoms with Crippen LogP contribution in [0.2, 0.25) is 0 Å². The zero-order valence-corrected chi connectivity index (χ0v) is 28.9. The van der Waals surface area contributed by atoms with Crippen molar-refractivity contribution >= 4 is 11.9 Å². The first-order valence-corrected chi connectivity index (χ1v) is 17.9. The summed E-state index contributed by atoms with van der Waals surface area (Å²) < 4.78 is 0. The molecule has 0 aliphatic carbocycles. The van der Waals surface area contributed by atoms with Crippen molar-refractivity contribution in [2.45, 2.75) is 180 Å². The van der Waals surface area contributed by atoms with Gasteiger partial charge in [0.05, 0.1) is 6.42 Å². The second-order valence-electron chi connectivity index (χ2n) is 12.0. The Morgan fingerprint density at radius 3 is 0.978 bits per heavy atom. The Morgan fingerprint density at radius 1 is 0.511 bits per heavy atom. The highest BCUT2D eigenvalue weighted by Crippen LogP contribution is 2.12. The molecule has 11 nitrogen and oxygen atoms in total. The van der Waals surface area contributed by atoms with Crippen molar-refractivity contribution in [3.8, 4) is 0 Å². The third-order valence-electron chi connectivity index (χ3n) is 7.28. The second-order valence-corrected chi connectivity index (χ2v) is 12.0. The number of unbranched alkanes of at least 4 members (excludes halogenated alkanes) is 20. The lowest BCUT2D eigenvalue weighted by Crippen LogP contribution is -2.32. The maximum absolute atomic E-state index is 9.85. The Kier molecular flexibility index (Phi) is 43.5. The first-order chi connectivity index (χ1) is 21.6. The lowest BCUT2D eigenvalue weighted by atomic mass is 10.1. The van der Waals surface area contributed by atoms with Crippen molar-refractivity contribution < 1.29 is 40.2 Å². The van der Waals surface area contributed by atoms with Gasteiger partial charge >= 0.3 is 11.9 Å². The molecule has 10 N–H and O–H groups in total. The number of carboxylic acids is 2. The average Bonchev–Trinajstić information content (AvgIpc) is 2.98. The molecule has 0 saturated heterocycles. The number of aliphatic hydroxyl groups is 4. The molecule has 0 radical (unpaired) electrons. The van der Waals surface area contributed by atoms with E-state index in [0.29, 0.717) is 0 Å². The summed E-state index contributed by atoms with van der Waals surface area (Å²) in [4.78, 5) is 19.6. The minimum atomic E-state index is -1.29. The summed E-state index contributed by atoms with van der Waals surface area (Å²) in [6.45, 7) is 6.89. The molecule has 0 aromatic carbocycles. The van der Waals surface area contributed by atoms with Crippen LogP contribution in [-0.4, -0.2) is 87.4 Å². The summed E-state index contributed by atoms with van der Waals surface area (Å²) in [5, 5.41) is 56.6. The summed E-state index contributed by atoms with van der Waals surface area (Å²) in [5.41, 5.74) is 4.84. The van der Waals surface area contributed by atoms with E-state index in [-0.39, 0.29) is 13.1 Å². The van der Waals surface area contributed by atoms with E-state index in [1.807, 2.05) is 0 Å². The van der Waals surface area contributed by atoms with Gasteiger partial charge in [-0.25, -0.2) is 0 Å². The van der Waals surface area contributed by atoms with Crippen molar-refractivity contribution in [1.82, 2.24) is 10.6 Å². The van der Waals surface area contributed by atoms with Crippen molar-refractivity contribution in [1.29, 1.82) is 0 Å². The molecule has 0 aromatic rings. The van der Waals surface area contributed by atoms with Gasteiger partial charge in [0.1, 0.15) is 6.04 Å². The molecule has 11 heteroatoms. The van der Waals surface area contributed by atoms with Crippen LogP contribution >= 0.6 is 0 Å². The Balaban J connectivity index is -0.000000622. The van der Waals surface area contributed by atoms with Gasteiger partial charge in [0.15, 0.2) is 12.6 Å². The van der Waals surface area contributed by atoms with Crippen LogP contribution in [0.15, 0.2) is 0 Å². The fourth-order valence-electron chi connectivity index (χ4n) is 4.57. The molecule has 0 aliphatic rings. The summed E-state index contributed by atoms with van der Waals surface area (Å²) >= 11 is 0. The van der Waals surface area contributed by atoms with Crippen LogP contribution in [0.3, 0.4) is 0 Å². The van der Waals surface area contributed by atoms with E-state index in [4.69, 9.17) is 36.4 Å². The predicted molar refractivity (Wildman–Crippen MR) is 183 cm³/mol. The highest BCUT2D eigenvalue weighted by atomic mass is 16.5. The van der Waals surface area contributed by atoms with Gasteiger partial charge in [-0.1, -0.05) is 142 Å². The van der Waals surface area contributed by atoms with E-state index in [1.165, 1.54) is 128 Å². The van der Waals surface area contributed by atoms with E-state index < -0.39 is 37.0 Å². The molecule has 0 heterocycles. The van der Waals surface area contributed by atoms with Crippen LogP contribution < -0.4 is 16.4 Å². The number of nitrogens with two attached hydrogens (primary N) is 1. The highest BCUT2D eigenvalue weighted by molar-refractivity contribution is 5.80. The van der Waals surface area contributed by atoms with Gasteiger partial charge in [-0.3, -0.25) is 9.59 Å². The maximum Gasteiger partial charge on any atom is 0.321 e. The van der Waals surface area contributed by atoms with Gasteiger partial charge in [-0.15, -0.1) is 0 Å². The highest BCUT2D eigenvalue weighted by Gasteiger charge is 2.14. The molecule has 0 spiro atoms. The third-order valence-corrected chi connectivity index (χ3v) is 7.28. The van der Waals surface area contributed by atoms with Crippen LogP contribution in [0, 0.1) is 0 Å². The second kappa shape index (κ2) is 40.7. The SMILES string of the molecule is CCCCCCCCCCCCCNCC(O)O.CCCCCCCCCCCCCNCC(O)O.N[C@@H](CC(=O)O)C(=O)O. The smallest absolute Gasteiger partial charge is 0.321 e. The monoisotopic (exact) mass is 652 g/mol. The maximum atomic E-state index is 9.85. The topological polar surface area (TPSA) is 206 Å². The number of hydrogen-bond acceptors (Lipinski definition) is 9. The molecular weight excluding hydrogens is 578 g/mol. The number of rotatable bonds is 31. The van der Waals surface area contributed by atoms with E-state index in [1.54, 1.807) is 0 Å². The summed E-state index contributed by atoms with van der Waals surface area (Å²) in [5.74, 6) is -2.50. The zero-order valence-electron chi connectivity index (χ0n) is 28.9. The molecule has 45 heavy (non-hydrogen) atoms. The molecule has 0 aliphatic heterocycles. The van der Waals surface area contributed by atoms with Crippen molar-refractivity contribution in [2.24, 2.45) is 5.73 Å². The lowest BCUT2D eigenvalue weighted by Gasteiger charge is -2.06. The molecule has 272 valence electrons.